The molecule has 164 valence electrons. The number of hydrogen-bond acceptors (Lipinski definition) is 7. The molecule has 0 atom stereocenters. The van der Waals surface area contributed by atoms with E-state index >= 15 is 0 Å². The normalized spacial score (nSPS) is 14.8. The molecule has 1 fully saturated rings. The van der Waals surface area contributed by atoms with Gasteiger partial charge >= 0.3 is 0 Å². The van der Waals surface area contributed by atoms with Crippen molar-refractivity contribution in [3.63, 3.8) is 0 Å². The summed E-state index contributed by atoms with van der Waals surface area (Å²) in [5.74, 6) is -0.159. The van der Waals surface area contributed by atoms with Crippen molar-refractivity contribution in [2.75, 3.05) is 44.3 Å². The molecule has 1 aliphatic heterocycles. The van der Waals surface area contributed by atoms with Crippen LogP contribution in [0.15, 0.2) is 35.4 Å². The number of amides is 1. The van der Waals surface area contributed by atoms with Crippen LogP contribution in [-0.2, 0) is 16.1 Å². The second kappa shape index (κ2) is 9.67. The summed E-state index contributed by atoms with van der Waals surface area (Å²) in [5, 5.41) is 0.665. The second-order valence-electron chi connectivity index (χ2n) is 7.71. The van der Waals surface area contributed by atoms with Gasteiger partial charge in [-0.3, -0.25) is 24.0 Å². The summed E-state index contributed by atoms with van der Waals surface area (Å²) >= 11 is 1.50. The maximum Gasteiger partial charge on any atom is 0.256 e. The maximum absolute atomic E-state index is 13.3. The van der Waals surface area contributed by atoms with Gasteiger partial charge in [-0.25, -0.2) is 9.97 Å². The van der Waals surface area contributed by atoms with Gasteiger partial charge in [-0.1, -0.05) is 23.5 Å². The number of aryl methyl sites for hydroxylation is 1. The van der Waals surface area contributed by atoms with E-state index in [1.165, 1.54) is 22.2 Å². The molecule has 0 N–H and O–H groups in total. The molecule has 1 saturated heterocycles. The molecule has 31 heavy (non-hydrogen) atoms. The SMILES string of the molecule is Cc1ncn(CC(=O)N(CCCN2CCOCC2)c2nc3ccccc3s2)c(=O)c1C. The van der Waals surface area contributed by atoms with Crippen LogP contribution in [-0.4, -0.2) is 64.7 Å². The molecule has 1 aliphatic rings. The van der Waals surface area contributed by atoms with Gasteiger partial charge in [0.15, 0.2) is 5.13 Å². The lowest BCUT2D eigenvalue weighted by Gasteiger charge is -2.27. The molecule has 4 rings (SSSR count). The molecule has 0 spiro atoms. The average molecular weight is 442 g/mol. The van der Waals surface area contributed by atoms with Crippen LogP contribution in [0.1, 0.15) is 17.7 Å². The zero-order valence-corrected chi connectivity index (χ0v) is 18.7. The Kier molecular flexibility index (Phi) is 6.74. The number of nitrogens with zero attached hydrogens (tertiary/aromatic N) is 5. The summed E-state index contributed by atoms with van der Waals surface area (Å²) in [6, 6.07) is 7.86. The fourth-order valence-corrected chi connectivity index (χ4v) is 4.61. The zero-order chi connectivity index (χ0) is 21.8. The summed E-state index contributed by atoms with van der Waals surface area (Å²) in [6.45, 7) is 8.25. The van der Waals surface area contributed by atoms with Crippen LogP contribution in [0.3, 0.4) is 0 Å². The van der Waals surface area contributed by atoms with E-state index < -0.39 is 0 Å². The summed E-state index contributed by atoms with van der Waals surface area (Å²) in [6.07, 6.45) is 2.27. The highest BCUT2D eigenvalue weighted by atomic mass is 32.1. The van der Waals surface area contributed by atoms with Gasteiger partial charge in [0.05, 0.1) is 29.8 Å². The van der Waals surface area contributed by atoms with E-state index in [-0.39, 0.29) is 18.0 Å². The van der Waals surface area contributed by atoms with Crippen LogP contribution in [0.4, 0.5) is 5.13 Å². The van der Waals surface area contributed by atoms with E-state index in [0.29, 0.717) is 22.9 Å². The lowest BCUT2D eigenvalue weighted by atomic mass is 10.2. The predicted molar refractivity (Wildman–Crippen MR) is 122 cm³/mol. The fraction of sp³-hybridized carbons (Fsp3) is 0.455. The van der Waals surface area contributed by atoms with Crippen LogP contribution in [0.25, 0.3) is 10.2 Å². The van der Waals surface area contributed by atoms with Crippen molar-refractivity contribution < 1.29 is 9.53 Å². The highest BCUT2D eigenvalue weighted by Crippen LogP contribution is 2.29. The largest absolute Gasteiger partial charge is 0.379 e. The first-order valence-electron chi connectivity index (χ1n) is 10.5. The molecule has 0 aliphatic carbocycles. The van der Waals surface area contributed by atoms with E-state index in [1.807, 2.05) is 24.3 Å². The molecule has 1 aromatic carbocycles. The third-order valence-corrected chi connectivity index (χ3v) is 6.65. The maximum atomic E-state index is 13.3. The number of para-hydroxylation sites is 1. The third kappa shape index (κ3) is 5.00. The van der Waals surface area contributed by atoms with Gasteiger partial charge in [0.25, 0.3) is 5.56 Å². The van der Waals surface area contributed by atoms with Gasteiger partial charge in [0, 0.05) is 37.4 Å². The van der Waals surface area contributed by atoms with Crippen molar-refractivity contribution in [3.05, 3.63) is 52.2 Å². The molecule has 0 unspecified atom stereocenters. The van der Waals surface area contributed by atoms with Crippen molar-refractivity contribution in [2.45, 2.75) is 26.8 Å². The molecular weight excluding hydrogens is 414 g/mol. The molecular formula is C22H27N5O3S. The smallest absolute Gasteiger partial charge is 0.256 e. The third-order valence-electron chi connectivity index (χ3n) is 5.60. The van der Waals surface area contributed by atoms with Crippen LogP contribution in [0, 0.1) is 13.8 Å². The monoisotopic (exact) mass is 441 g/mol. The van der Waals surface area contributed by atoms with Crippen molar-refractivity contribution >= 4 is 32.6 Å². The van der Waals surface area contributed by atoms with Crippen molar-refractivity contribution in [2.24, 2.45) is 0 Å². The minimum Gasteiger partial charge on any atom is -0.379 e. The standard InChI is InChI=1S/C22H27N5O3S/c1-16-17(2)23-15-26(21(16)29)14-20(28)27(9-5-8-25-10-12-30-13-11-25)22-24-18-6-3-4-7-19(18)31-22/h3-4,6-7,15H,5,8-14H2,1-2H3. The first kappa shape index (κ1) is 21.6. The predicted octanol–water partition coefficient (Wildman–Crippen LogP) is 2.23. The number of rotatable bonds is 7. The Hall–Kier alpha value is -2.62. The Morgan fingerprint density at radius 2 is 2.00 bits per heavy atom. The molecule has 3 aromatic rings. The Bertz CT molecular complexity index is 1090. The molecule has 9 heteroatoms. The first-order valence-corrected chi connectivity index (χ1v) is 11.3. The van der Waals surface area contributed by atoms with E-state index in [1.54, 1.807) is 18.7 Å². The molecule has 2 aromatic heterocycles. The highest BCUT2D eigenvalue weighted by molar-refractivity contribution is 7.22. The second-order valence-corrected chi connectivity index (χ2v) is 8.71. The lowest BCUT2D eigenvalue weighted by molar-refractivity contribution is -0.119. The van der Waals surface area contributed by atoms with Crippen molar-refractivity contribution in [1.82, 2.24) is 19.4 Å². The minimum atomic E-state index is -0.182. The van der Waals surface area contributed by atoms with Gasteiger partial charge in [0.2, 0.25) is 5.91 Å². The minimum absolute atomic E-state index is 0.0551. The number of aromatic nitrogens is 3. The number of carbonyl (C=O) groups is 1. The number of morpholine rings is 1. The number of ether oxygens (including phenoxy) is 1. The molecule has 0 saturated carbocycles. The molecule has 8 nitrogen and oxygen atoms in total. The average Bonchev–Trinajstić information content (AvgIpc) is 3.21. The number of carbonyl (C=O) groups excluding carboxylic acids is 1. The van der Waals surface area contributed by atoms with E-state index in [2.05, 4.69) is 14.9 Å². The van der Waals surface area contributed by atoms with Crippen molar-refractivity contribution in [3.8, 4) is 0 Å². The van der Waals surface area contributed by atoms with Gasteiger partial charge in [-0.15, -0.1) is 0 Å². The van der Waals surface area contributed by atoms with E-state index in [9.17, 15) is 9.59 Å². The van der Waals surface area contributed by atoms with E-state index in [4.69, 9.17) is 4.74 Å². The van der Waals surface area contributed by atoms with Gasteiger partial charge in [-0.05, 0) is 32.4 Å². The van der Waals surface area contributed by atoms with Crippen LogP contribution in [0.2, 0.25) is 0 Å². The van der Waals surface area contributed by atoms with Gasteiger partial charge in [-0.2, -0.15) is 0 Å². The molecule has 0 radical (unpaired) electrons. The number of anilines is 1. The summed E-state index contributed by atoms with van der Waals surface area (Å²) < 4.78 is 7.83. The van der Waals surface area contributed by atoms with E-state index in [0.717, 1.165) is 49.5 Å². The quantitative estimate of drug-likeness (QED) is 0.559. The van der Waals surface area contributed by atoms with Crippen molar-refractivity contribution in [1.29, 1.82) is 0 Å². The van der Waals surface area contributed by atoms with Crippen LogP contribution >= 0.6 is 11.3 Å². The molecule has 0 bridgehead atoms. The van der Waals surface area contributed by atoms with Gasteiger partial charge in [0.1, 0.15) is 6.54 Å². The number of thiazole rings is 1. The van der Waals surface area contributed by atoms with Gasteiger partial charge < -0.3 is 4.74 Å². The Morgan fingerprint density at radius 1 is 1.23 bits per heavy atom. The summed E-state index contributed by atoms with van der Waals surface area (Å²) in [4.78, 5) is 38.8. The zero-order valence-electron chi connectivity index (χ0n) is 17.9. The lowest BCUT2D eigenvalue weighted by Crippen LogP contribution is -2.41. The topological polar surface area (TPSA) is 80.6 Å². The summed E-state index contributed by atoms with van der Waals surface area (Å²) in [7, 11) is 0. The Morgan fingerprint density at radius 3 is 2.77 bits per heavy atom. The Balaban J connectivity index is 1.54. The molecule has 1 amide bonds. The Labute approximate surface area is 185 Å². The molecule has 3 heterocycles. The fourth-order valence-electron chi connectivity index (χ4n) is 3.60. The highest BCUT2D eigenvalue weighted by Gasteiger charge is 2.21. The van der Waals surface area contributed by atoms with Crippen LogP contribution < -0.4 is 10.5 Å². The first-order chi connectivity index (χ1) is 15.0. The van der Waals surface area contributed by atoms with Crippen LogP contribution in [0.5, 0.6) is 0 Å². The number of fused-ring (bicyclic) bond motifs is 1. The number of benzene rings is 1. The summed E-state index contributed by atoms with van der Waals surface area (Å²) in [5.41, 5.74) is 1.94. The number of hydrogen-bond donors (Lipinski definition) is 0.